The largest absolute Gasteiger partial charge is 0.384 e. The third kappa shape index (κ3) is 2.48. The van der Waals surface area contributed by atoms with Crippen molar-refractivity contribution >= 4 is 11.5 Å². The van der Waals surface area contributed by atoms with Crippen LogP contribution in [0, 0.1) is 11.6 Å². The number of hydrogen-bond donors (Lipinski definition) is 1. The summed E-state index contributed by atoms with van der Waals surface area (Å²) in [5.41, 5.74) is 9.43. The summed E-state index contributed by atoms with van der Waals surface area (Å²) in [4.78, 5) is 4.52. The molecule has 4 aromatic rings. The molecule has 0 radical (unpaired) electrons. The van der Waals surface area contributed by atoms with Crippen LogP contribution >= 0.6 is 0 Å². The highest BCUT2D eigenvalue weighted by Gasteiger charge is 2.10. The summed E-state index contributed by atoms with van der Waals surface area (Å²) in [7, 11) is 0. The number of hydrogen-bond acceptors (Lipinski definition) is 3. The number of anilines is 1. The van der Waals surface area contributed by atoms with E-state index in [9.17, 15) is 8.78 Å². The van der Waals surface area contributed by atoms with Crippen molar-refractivity contribution in [3.8, 4) is 22.5 Å². The van der Waals surface area contributed by atoms with Crippen molar-refractivity contribution in [2.24, 2.45) is 0 Å². The van der Waals surface area contributed by atoms with Crippen LogP contribution in [0.1, 0.15) is 0 Å². The number of nitrogens with two attached hydrogens (primary N) is 1. The minimum atomic E-state index is -0.309. The van der Waals surface area contributed by atoms with Crippen molar-refractivity contribution in [3.63, 3.8) is 0 Å². The molecule has 0 aliphatic heterocycles. The van der Waals surface area contributed by atoms with Crippen molar-refractivity contribution in [2.75, 3.05) is 5.73 Å². The zero-order valence-corrected chi connectivity index (χ0v) is 12.4. The molecule has 0 fully saturated rings. The predicted octanol–water partition coefficient (Wildman–Crippen LogP) is 3.92. The molecule has 2 aromatic carbocycles. The van der Waals surface area contributed by atoms with Crippen LogP contribution in [0.5, 0.6) is 0 Å². The predicted molar refractivity (Wildman–Crippen MR) is 88.2 cm³/mol. The molecule has 0 aliphatic rings. The maximum atomic E-state index is 13.1. The van der Waals surface area contributed by atoms with Crippen molar-refractivity contribution < 1.29 is 8.78 Å². The van der Waals surface area contributed by atoms with Crippen LogP contribution < -0.4 is 5.73 Å². The molecule has 4 rings (SSSR count). The zero-order chi connectivity index (χ0) is 16.7. The Balaban J connectivity index is 1.83. The highest BCUT2D eigenvalue weighted by molar-refractivity contribution is 5.70. The Morgan fingerprint density at radius 2 is 1.29 bits per heavy atom. The van der Waals surface area contributed by atoms with E-state index in [1.54, 1.807) is 36.4 Å². The average Bonchev–Trinajstić information content (AvgIpc) is 3.01. The summed E-state index contributed by atoms with van der Waals surface area (Å²) in [5, 5.41) is 4.41. The minimum absolute atomic E-state index is 0.307. The topological polar surface area (TPSA) is 56.2 Å². The average molecular weight is 322 g/mol. The summed E-state index contributed by atoms with van der Waals surface area (Å²) in [6.45, 7) is 0. The van der Waals surface area contributed by atoms with Gasteiger partial charge in [-0.05, 0) is 48.5 Å². The molecular weight excluding hydrogens is 310 g/mol. The number of fused-ring (bicyclic) bond motifs is 1. The maximum absolute atomic E-state index is 13.1. The lowest BCUT2D eigenvalue weighted by molar-refractivity contribution is 0.627. The SMILES string of the molecule is Nc1cc(-c2ccc(F)cc2)nc2cc(-c3ccc(F)cc3)nn12. The normalized spacial score (nSPS) is 11.1. The van der Waals surface area contributed by atoms with Crippen LogP contribution in [-0.4, -0.2) is 14.6 Å². The Bertz CT molecular complexity index is 1020. The molecule has 0 amide bonds. The molecule has 0 bridgehead atoms. The van der Waals surface area contributed by atoms with Crippen molar-refractivity contribution in [3.05, 3.63) is 72.3 Å². The number of nitrogens with zero attached hydrogens (tertiary/aromatic N) is 3. The molecule has 0 saturated heterocycles. The summed E-state index contributed by atoms with van der Waals surface area (Å²) in [6.07, 6.45) is 0. The van der Waals surface area contributed by atoms with Gasteiger partial charge >= 0.3 is 0 Å². The molecule has 4 nitrogen and oxygen atoms in total. The van der Waals surface area contributed by atoms with Crippen molar-refractivity contribution in [1.82, 2.24) is 14.6 Å². The monoisotopic (exact) mass is 322 g/mol. The second-order valence-corrected chi connectivity index (χ2v) is 5.38. The highest BCUT2D eigenvalue weighted by Crippen LogP contribution is 2.25. The number of benzene rings is 2. The van der Waals surface area contributed by atoms with E-state index < -0.39 is 0 Å². The van der Waals surface area contributed by atoms with Crippen LogP contribution in [0.3, 0.4) is 0 Å². The molecule has 2 heterocycles. The molecular formula is C18H12F2N4. The Hall–Kier alpha value is -3.28. The molecule has 2 N–H and O–H groups in total. The van der Waals surface area contributed by atoms with E-state index in [4.69, 9.17) is 5.73 Å². The fourth-order valence-corrected chi connectivity index (χ4v) is 2.53. The van der Waals surface area contributed by atoms with Gasteiger partial charge in [-0.15, -0.1) is 0 Å². The number of rotatable bonds is 2. The third-order valence-corrected chi connectivity index (χ3v) is 3.73. The molecule has 0 unspecified atom stereocenters. The van der Waals surface area contributed by atoms with E-state index >= 15 is 0 Å². The molecule has 24 heavy (non-hydrogen) atoms. The Morgan fingerprint density at radius 1 is 0.750 bits per heavy atom. The molecule has 118 valence electrons. The summed E-state index contributed by atoms with van der Waals surface area (Å²) in [6, 6.07) is 15.5. The van der Waals surface area contributed by atoms with Crippen LogP contribution in [0.2, 0.25) is 0 Å². The Morgan fingerprint density at radius 3 is 1.88 bits per heavy atom. The number of halogens is 2. The second kappa shape index (κ2) is 5.42. The fourth-order valence-electron chi connectivity index (χ4n) is 2.53. The number of aromatic nitrogens is 3. The van der Waals surface area contributed by atoms with Gasteiger partial charge in [-0.1, -0.05) is 0 Å². The lowest BCUT2D eigenvalue weighted by atomic mass is 10.1. The summed E-state index contributed by atoms with van der Waals surface area (Å²) in [5.74, 6) is -0.206. The lowest BCUT2D eigenvalue weighted by Gasteiger charge is -2.04. The quantitative estimate of drug-likeness (QED) is 0.608. The van der Waals surface area contributed by atoms with Crippen LogP contribution in [0.25, 0.3) is 28.2 Å². The fraction of sp³-hybridized carbons (Fsp3) is 0. The second-order valence-electron chi connectivity index (χ2n) is 5.38. The lowest BCUT2D eigenvalue weighted by Crippen LogP contribution is -2.01. The van der Waals surface area contributed by atoms with E-state index in [1.807, 2.05) is 0 Å². The first-order valence-electron chi connectivity index (χ1n) is 7.28. The minimum Gasteiger partial charge on any atom is -0.384 e. The third-order valence-electron chi connectivity index (χ3n) is 3.73. The van der Waals surface area contributed by atoms with E-state index in [0.29, 0.717) is 22.9 Å². The van der Waals surface area contributed by atoms with Gasteiger partial charge in [0.2, 0.25) is 0 Å². The Kier molecular flexibility index (Phi) is 3.23. The van der Waals surface area contributed by atoms with Gasteiger partial charge in [-0.2, -0.15) is 9.61 Å². The van der Waals surface area contributed by atoms with Crippen LogP contribution in [0.15, 0.2) is 60.7 Å². The van der Waals surface area contributed by atoms with Crippen molar-refractivity contribution in [1.29, 1.82) is 0 Å². The molecule has 0 spiro atoms. The van der Waals surface area contributed by atoms with Gasteiger partial charge in [0.1, 0.15) is 17.5 Å². The first-order valence-corrected chi connectivity index (χ1v) is 7.28. The summed E-state index contributed by atoms with van der Waals surface area (Å²) >= 11 is 0. The molecule has 0 atom stereocenters. The Labute approximate surface area is 136 Å². The standard InChI is InChI=1S/C18H12F2N4/c19-13-5-1-11(2-6-13)15-9-17(21)24-18(22-15)10-16(23-24)12-3-7-14(20)8-4-12/h1-10H,21H2. The molecule has 0 saturated carbocycles. The first-order chi connectivity index (χ1) is 11.6. The van der Waals surface area contributed by atoms with Gasteiger partial charge in [-0.25, -0.2) is 13.8 Å². The number of nitrogen functional groups attached to an aromatic ring is 1. The van der Waals surface area contributed by atoms with Gasteiger partial charge < -0.3 is 5.73 Å². The first kappa shape index (κ1) is 14.3. The van der Waals surface area contributed by atoms with Crippen LogP contribution in [-0.2, 0) is 0 Å². The van der Waals surface area contributed by atoms with E-state index in [2.05, 4.69) is 10.1 Å². The zero-order valence-electron chi connectivity index (χ0n) is 12.4. The van der Waals surface area contributed by atoms with Gasteiger partial charge in [0, 0.05) is 23.3 Å². The van der Waals surface area contributed by atoms with E-state index in [-0.39, 0.29) is 11.6 Å². The maximum Gasteiger partial charge on any atom is 0.158 e. The molecule has 6 heteroatoms. The van der Waals surface area contributed by atoms with E-state index in [1.165, 1.54) is 28.8 Å². The molecule has 0 aliphatic carbocycles. The van der Waals surface area contributed by atoms with Crippen molar-refractivity contribution in [2.45, 2.75) is 0 Å². The van der Waals surface area contributed by atoms with Gasteiger partial charge in [-0.3, -0.25) is 0 Å². The summed E-state index contributed by atoms with van der Waals surface area (Å²) < 4.78 is 27.6. The van der Waals surface area contributed by atoms with Crippen LogP contribution in [0.4, 0.5) is 14.6 Å². The van der Waals surface area contributed by atoms with Gasteiger partial charge in [0.25, 0.3) is 0 Å². The van der Waals surface area contributed by atoms with Gasteiger partial charge in [0.15, 0.2) is 5.65 Å². The smallest absolute Gasteiger partial charge is 0.158 e. The molecule has 2 aromatic heterocycles. The van der Waals surface area contributed by atoms with Gasteiger partial charge in [0.05, 0.1) is 11.4 Å². The van der Waals surface area contributed by atoms with E-state index in [0.717, 1.165) is 11.1 Å². The highest BCUT2D eigenvalue weighted by atomic mass is 19.1.